The average Bonchev–Trinajstić information content (AvgIpc) is 2.65. The van der Waals surface area contributed by atoms with Crippen LogP contribution in [-0.4, -0.2) is 30.9 Å². The number of aliphatic hydroxyl groups excluding tert-OH is 1. The van der Waals surface area contributed by atoms with Crippen molar-refractivity contribution in [3.8, 4) is 0 Å². The molecule has 1 aliphatic carbocycles. The number of rotatable bonds is 9. The van der Waals surface area contributed by atoms with E-state index in [2.05, 4.69) is 13.0 Å². The summed E-state index contributed by atoms with van der Waals surface area (Å²) in [5.41, 5.74) is 1.49. The Morgan fingerprint density at radius 1 is 1.15 bits per heavy atom. The molecule has 144 valence electrons. The molecule has 0 aliphatic heterocycles. The molecule has 2 rings (SSSR count). The third-order valence-corrected chi connectivity index (χ3v) is 4.69. The van der Waals surface area contributed by atoms with Gasteiger partial charge in [0.25, 0.3) is 0 Å². The van der Waals surface area contributed by atoms with Gasteiger partial charge in [0.2, 0.25) is 0 Å². The summed E-state index contributed by atoms with van der Waals surface area (Å²) >= 11 is 0. The highest BCUT2D eigenvalue weighted by molar-refractivity contribution is 5.74. The summed E-state index contributed by atoms with van der Waals surface area (Å²) in [5, 5.41) is 9.65. The predicted molar refractivity (Wildman–Crippen MR) is 99.1 cm³/mol. The van der Waals surface area contributed by atoms with Crippen molar-refractivity contribution < 1.29 is 24.4 Å². The van der Waals surface area contributed by atoms with Gasteiger partial charge in [0.05, 0.1) is 24.5 Å². The first-order valence-electron chi connectivity index (χ1n) is 9.18. The molecule has 0 aromatic heterocycles. The molecule has 0 radical (unpaired) electrons. The highest BCUT2D eigenvalue weighted by Gasteiger charge is 2.29. The minimum absolute atomic E-state index is 0.0934. The van der Waals surface area contributed by atoms with Crippen molar-refractivity contribution >= 4 is 5.97 Å². The summed E-state index contributed by atoms with van der Waals surface area (Å²) in [7, 11) is 0. The van der Waals surface area contributed by atoms with Crippen molar-refractivity contribution in [3.63, 3.8) is 0 Å². The molecule has 0 heterocycles. The smallest absolute Gasteiger partial charge is 0.312 e. The van der Waals surface area contributed by atoms with E-state index in [1.165, 1.54) is 5.56 Å². The number of hydrogen-bond donors (Lipinski definition) is 1. The predicted octanol–water partition coefficient (Wildman–Crippen LogP) is 3.59. The first-order valence-corrected chi connectivity index (χ1v) is 9.18. The number of esters is 1. The van der Waals surface area contributed by atoms with Crippen LogP contribution < -0.4 is 0 Å². The van der Waals surface area contributed by atoms with E-state index in [0.29, 0.717) is 12.5 Å². The molecule has 3 atom stereocenters. The topological polar surface area (TPSA) is 65.0 Å². The molecule has 5 heteroatoms. The summed E-state index contributed by atoms with van der Waals surface area (Å²) in [6.45, 7) is 6.36. The Bertz CT molecular complexity index is 595. The molecule has 0 fully saturated rings. The van der Waals surface area contributed by atoms with E-state index in [4.69, 9.17) is 14.5 Å². The van der Waals surface area contributed by atoms with Crippen LogP contribution in [0, 0.1) is 24.2 Å². The Morgan fingerprint density at radius 2 is 1.88 bits per heavy atom. The fourth-order valence-corrected chi connectivity index (χ4v) is 2.62. The quantitative estimate of drug-likeness (QED) is 0.239. The Balaban J connectivity index is 1.72. The van der Waals surface area contributed by atoms with Crippen LogP contribution in [0.2, 0.25) is 0 Å². The van der Waals surface area contributed by atoms with Gasteiger partial charge in [-0.3, -0.25) is 4.79 Å². The zero-order valence-electron chi connectivity index (χ0n) is 15.9. The van der Waals surface area contributed by atoms with Crippen LogP contribution in [0.3, 0.4) is 0 Å². The van der Waals surface area contributed by atoms with E-state index >= 15 is 0 Å². The highest BCUT2D eigenvalue weighted by atomic mass is 17.2. The van der Waals surface area contributed by atoms with E-state index in [-0.39, 0.29) is 31.7 Å². The van der Waals surface area contributed by atoms with Crippen LogP contribution in [0.25, 0.3) is 0 Å². The lowest BCUT2D eigenvalue weighted by molar-refractivity contribution is -0.321. The van der Waals surface area contributed by atoms with Crippen LogP contribution in [0.5, 0.6) is 0 Å². The van der Waals surface area contributed by atoms with Gasteiger partial charge in [-0.1, -0.05) is 55.8 Å². The summed E-state index contributed by atoms with van der Waals surface area (Å²) in [6.07, 6.45) is 5.78. The Morgan fingerprint density at radius 3 is 2.50 bits per heavy atom. The van der Waals surface area contributed by atoms with Crippen molar-refractivity contribution in [2.45, 2.75) is 40.2 Å². The van der Waals surface area contributed by atoms with Gasteiger partial charge in [0.1, 0.15) is 13.2 Å². The third kappa shape index (κ3) is 6.56. The number of aryl methyl sites for hydroxylation is 1. The molecule has 1 aromatic carbocycles. The van der Waals surface area contributed by atoms with E-state index in [9.17, 15) is 9.90 Å². The minimum Gasteiger partial charge on any atom is -0.464 e. The van der Waals surface area contributed by atoms with Crippen molar-refractivity contribution in [1.82, 2.24) is 0 Å². The number of allylic oxidation sites excluding steroid dienone is 1. The van der Waals surface area contributed by atoms with Gasteiger partial charge in [-0.25, -0.2) is 9.78 Å². The summed E-state index contributed by atoms with van der Waals surface area (Å²) in [5.74, 6) is 0.0853. The second-order valence-corrected chi connectivity index (χ2v) is 7.63. The van der Waals surface area contributed by atoms with E-state index in [0.717, 1.165) is 18.4 Å². The van der Waals surface area contributed by atoms with Gasteiger partial charge >= 0.3 is 5.97 Å². The summed E-state index contributed by atoms with van der Waals surface area (Å²) in [4.78, 5) is 22.7. The standard InChI is InChI=1S/C21H30O5/c1-16-4-8-18(9-5-16)12-25-26-15-21(3,13-22)14-24-20(23)19-10-6-17(2)7-11-19/h4-6,8-10,17,19,22H,7,11-15H2,1-3H3. The molecular formula is C21H30O5. The van der Waals surface area contributed by atoms with Crippen LogP contribution in [0.15, 0.2) is 36.4 Å². The fraction of sp³-hybridized carbons (Fsp3) is 0.571. The molecule has 1 N–H and O–H groups in total. The first-order chi connectivity index (χ1) is 12.4. The van der Waals surface area contributed by atoms with Gasteiger partial charge in [-0.05, 0) is 31.2 Å². The third-order valence-electron chi connectivity index (χ3n) is 4.69. The molecule has 1 aliphatic rings. The van der Waals surface area contributed by atoms with Gasteiger partial charge < -0.3 is 9.84 Å². The van der Waals surface area contributed by atoms with Crippen LogP contribution >= 0.6 is 0 Å². The van der Waals surface area contributed by atoms with E-state index < -0.39 is 5.41 Å². The maximum atomic E-state index is 12.2. The van der Waals surface area contributed by atoms with E-state index in [1.807, 2.05) is 37.3 Å². The maximum absolute atomic E-state index is 12.2. The molecule has 1 aromatic rings. The molecular weight excluding hydrogens is 332 g/mol. The minimum atomic E-state index is -0.700. The average molecular weight is 362 g/mol. The van der Waals surface area contributed by atoms with E-state index in [1.54, 1.807) is 6.92 Å². The zero-order chi connectivity index (χ0) is 19.0. The molecule has 0 saturated heterocycles. The number of aliphatic hydroxyl groups is 1. The first kappa shape index (κ1) is 20.6. The van der Waals surface area contributed by atoms with Gasteiger partial charge in [-0.2, -0.15) is 0 Å². The molecule has 26 heavy (non-hydrogen) atoms. The molecule has 0 spiro atoms. The number of ether oxygens (including phenoxy) is 1. The lowest BCUT2D eigenvalue weighted by Gasteiger charge is -2.27. The maximum Gasteiger partial charge on any atom is 0.312 e. The number of hydrogen-bond acceptors (Lipinski definition) is 5. The number of benzene rings is 1. The normalized spacial score (nSPS) is 22.0. The molecule has 0 saturated carbocycles. The monoisotopic (exact) mass is 362 g/mol. The van der Waals surface area contributed by atoms with Gasteiger partial charge in [-0.15, -0.1) is 0 Å². The second-order valence-electron chi connectivity index (χ2n) is 7.63. The molecule has 5 nitrogen and oxygen atoms in total. The van der Waals surface area contributed by atoms with Crippen molar-refractivity contribution in [2.75, 3.05) is 19.8 Å². The largest absolute Gasteiger partial charge is 0.464 e. The van der Waals surface area contributed by atoms with Gasteiger partial charge in [0, 0.05) is 0 Å². The second kappa shape index (κ2) is 9.86. The highest BCUT2D eigenvalue weighted by Crippen LogP contribution is 2.24. The number of carbonyl (C=O) groups is 1. The Kier molecular flexibility index (Phi) is 7.82. The van der Waals surface area contributed by atoms with Crippen LogP contribution in [-0.2, 0) is 25.9 Å². The Labute approximate surface area is 155 Å². The zero-order valence-corrected chi connectivity index (χ0v) is 15.9. The van der Waals surface area contributed by atoms with Crippen molar-refractivity contribution in [3.05, 3.63) is 47.5 Å². The van der Waals surface area contributed by atoms with Crippen molar-refractivity contribution in [2.24, 2.45) is 17.3 Å². The lowest BCUT2D eigenvalue weighted by Crippen LogP contribution is -2.35. The van der Waals surface area contributed by atoms with Crippen LogP contribution in [0.1, 0.15) is 37.8 Å². The van der Waals surface area contributed by atoms with Crippen LogP contribution in [0.4, 0.5) is 0 Å². The molecule has 0 bridgehead atoms. The fourth-order valence-electron chi connectivity index (χ4n) is 2.62. The Hall–Kier alpha value is -1.69. The SMILES string of the molecule is Cc1ccc(COOCC(C)(CO)COC(=O)C2C=CC(C)CC2)cc1. The lowest BCUT2D eigenvalue weighted by atomic mass is 9.89. The molecule has 0 amide bonds. The van der Waals surface area contributed by atoms with Crippen molar-refractivity contribution in [1.29, 1.82) is 0 Å². The number of carbonyl (C=O) groups excluding carboxylic acids is 1. The summed E-state index contributed by atoms with van der Waals surface area (Å²) in [6, 6.07) is 7.97. The molecule has 3 unspecified atom stereocenters. The summed E-state index contributed by atoms with van der Waals surface area (Å²) < 4.78 is 5.42. The van der Waals surface area contributed by atoms with Gasteiger partial charge in [0.15, 0.2) is 0 Å².